The van der Waals surface area contributed by atoms with Crippen molar-refractivity contribution in [3.8, 4) is 11.8 Å². The number of amides is 1. The standard InChI is InChI=1S/C19H21N5O2/c1-14-10-21-7-3-17(14)19(25)23-11-15-2-6-22-12-18(15)26-16-4-8-24(13-16)9-5-20/h2-3,6-7,10,12,16H,4,8-9,11,13H2,1H3,(H,23,25)/t16-/m0/s1. The van der Waals surface area contributed by atoms with Gasteiger partial charge >= 0.3 is 0 Å². The normalized spacial score (nSPS) is 16.8. The second-order valence-electron chi connectivity index (χ2n) is 6.28. The fourth-order valence-electron chi connectivity index (χ4n) is 2.98. The van der Waals surface area contributed by atoms with Gasteiger partial charge in [-0.3, -0.25) is 19.7 Å². The van der Waals surface area contributed by atoms with Gasteiger partial charge in [0.1, 0.15) is 11.9 Å². The number of nitrogens with one attached hydrogen (secondary N) is 1. The van der Waals surface area contributed by atoms with Gasteiger partial charge in [-0.1, -0.05) is 0 Å². The highest BCUT2D eigenvalue weighted by Crippen LogP contribution is 2.22. The molecule has 1 N–H and O–H groups in total. The Balaban J connectivity index is 1.62. The highest BCUT2D eigenvalue weighted by Gasteiger charge is 2.24. The maximum Gasteiger partial charge on any atom is 0.251 e. The van der Waals surface area contributed by atoms with Crippen molar-refractivity contribution in [2.75, 3.05) is 19.6 Å². The molecular weight excluding hydrogens is 330 g/mol. The van der Waals surface area contributed by atoms with Crippen LogP contribution < -0.4 is 10.1 Å². The fourth-order valence-corrected chi connectivity index (χ4v) is 2.98. The number of hydrogen-bond acceptors (Lipinski definition) is 6. The highest BCUT2D eigenvalue weighted by molar-refractivity contribution is 5.95. The van der Waals surface area contributed by atoms with Crippen LogP contribution in [0.1, 0.15) is 27.9 Å². The number of ether oxygens (including phenoxy) is 1. The lowest BCUT2D eigenvalue weighted by Crippen LogP contribution is -2.26. The minimum absolute atomic E-state index is 0.0319. The molecule has 0 unspecified atom stereocenters. The predicted molar refractivity (Wildman–Crippen MR) is 95.5 cm³/mol. The highest BCUT2D eigenvalue weighted by atomic mass is 16.5. The van der Waals surface area contributed by atoms with Crippen molar-refractivity contribution in [2.24, 2.45) is 0 Å². The SMILES string of the molecule is Cc1cnccc1C(=O)NCc1ccncc1O[C@H]1CCN(CC#N)C1. The van der Waals surface area contributed by atoms with E-state index in [-0.39, 0.29) is 12.0 Å². The smallest absolute Gasteiger partial charge is 0.251 e. The van der Waals surface area contributed by atoms with Crippen LogP contribution >= 0.6 is 0 Å². The van der Waals surface area contributed by atoms with Crippen molar-refractivity contribution in [1.29, 1.82) is 5.26 Å². The number of carbonyl (C=O) groups is 1. The Hall–Kier alpha value is -2.98. The van der Waals surface area contributed by atoms with Crippen LogP contribution in [-0.2, 0) is 6.54 Å². The van der Waals surface area contributed by atoms with Crippen LogP contribution in [0.15, 0.2) is 36.9 Å². The molecule has 26 heavy (non-hydrogen) atoms. The van der Waals surface area contributed by atoms with Crippen LogP contribution in [0.2, 0.25) is 0 Å². The van der Waals surface area contributed by atoms with Gasteiger partial charge in [0, 0.05) is 49.4 Å². The minimum atomic E-state index is -0.145. The molecule has 7 nitrogen and oxygen atoms in total. The number of pyridine rings is 2. The third-order valence-corrected chi connectivity index (χ3v) is 4.39. The molecule has 2 aromatic heterocycles. The van der Waals surface area contributed by atoms with E-state index in [0.29, 0.717) is 24.4 Å². The van der Waals surface area contributed by atoms with Gasteiger partial charge in [-0.15, -0.1) is 0 Å². The van der Waals surface area contributed by atoms with Crippen molar-refractivity contribution in [3.05, 3.63) is 53.6 Å². The van der Waals surface area contributed by atoms with Crippen molar-refractivity contribution in [2.45, 2.75) is 26.0 Å². The Bertz CT molecular complexity index is 818. The summed E-state index contributed by atoms with van der Waals surface area (Å²) in [6.07, 6.45) is 7.54. The molecule has 1 aliphatic rings. The molecule has 0 saturated carbocycles. The van der Waals surface area contributed by atoms with E-state index < -0.39 is 0 Å². The van der Waals surface area contributed by atoms with Gasteiger partial charge in [-0.25, -0.2) is 0 Å². The lowest BCUT2D eigenvalue weighted by Gasteiger charge is -2.17. The average Bonchev–Trinajstić information content (AvgIpc) is 3.08. The first-order chi connectivity index (χ1) is 12.7. The Morgan fingerprint density at radius 2 is 2.19 bits per heavy atom. The topological polar surface area (TPSA) is 91.1 Å². The average molecular weight is 351 g/mol. The number of hydrogen-bond donors (Lipinski definition) is 1. The van der Waals surface area contributed by atoms with E-state index in [1.807, 2.05) is 13.0 Å². The summed E-state index contributed by atoms with van der Waals surface area (Å²) in [6.45, 7) is 4.21. The Morgan fingerprint density at radius 1 is 1.38 bits per heavy atom. The van der Waals surface area contributed by atoms with E-state index in [4.69, 9.17) is 10.00 Å². The molecule has 0 spiro atoms. The second kappa shape index (κ2) is 8.41. The molecule has 1 atom stereocenters. The summed E-state index contributed by atoms with van der Waals surface area (Å²) in [7, 11) is 0. The second-order valence-corrected chi connectivity index (χ2v) is 6.28. The molecule has 2 aromatic rings. The summed E-state index contributed by atoms with van der Waals surface area (Å²) >= 11 is 0. The molecule has 134 valence electrons. The van der Waals surface area contributed by atoms with E-state index in [2.05, 4.69) is 26.3 Å². The molecule has 0 aromatic carbocycles. The van der Waals surface area contributed by atoms with Crippen LogP contribution in [0.5, 0.6) is 5.75 Å². The first kappa shape index (κ1) is 17.8. The number of aryl methyl sites for hydroxylation is 1. The number of carbonyl (C=O) groups excluding carboxylic acids is 1. The monoisotopic (exact) mass is 351 g/mol. The third kappa shape index (κ3) is 4.35. The van der Waals surface area contributed by atoms with Gasteiger partial charge in [0.2, 0.25) is 0 Å². The summed E-state index contributed by atoms with van der Waals surface area (Å²) in [5.41, 5.74) is 2.32. The van der Waals surface area contributed by atoms with Crippen LogP contribution in [-0.4, -0.2) is 46.5 Å². The maximum atomic E-state index is 12.4. The Labute approximate surface area is 152 Å². The van der Waals surface area contributed by atoms with E-state index in [0.717, 1.165) is 30.6 Å². The third-order valence-electron chi connectivity index (χ3n) is 4.39. The van der Waals surface area contributed by atoms with E-state index in [1.165, 1.54) is 0 Å². The zero-order valence-electron chi connectivity index (χ0n) is 14.7. The molecule has 3 rings (SSSR count). The number of rotatable bonds is 6. The van der Waals surface area contributed by atoms with Crippen LogP contribution in [0.4, 0.5) is 0 Å². The summed E-state index contributed by atoms with van der Waals surface area (Å²) in [5, 5.41) is 11.7. The van der Waals surface area contributed by atoms with Crippen molar-refractivity contribution >= 4 is 5.91 Å². The molecule has 1 saturated heterocycles. The van der Waals surface area contributed by atoms with Crippen LogP contribution in [0.3, 0.4) is 0 Å². The molecule has 1 aliphatic heterocycles. The number of likely N-dealkylation sites (tertiary alicyclic amines) is 1. The molecular formula is C19H21N5O2. The molecule has 0 aliphatic carbocycles. The first-order valence-corrected chi connectivity index (χ1v) is 8.55. The number of nitriles is 1. The molecule has 7 heteroatoms. The molecule has 3 heterocycles. The quantitative estimate of drug-likeness (QED) is 0.797. The van der Waals surface area contributed by atoms with Gasteiger partial charge in [0.05, 0.1) is 18.8 Å². The van der Waals surface area contributed by atoms with Gasteiger partial charge in [-0.05, 0) is 31.0 Å². The van der Waals surface area contributed by atoms with Crippen molar-refractivity contribution in [3.63, 3.8) is 0 Å². The Kier molecular flexibility index (Phi) is 5.77. The lowest BCUT2D eigenvalue weighted by molar-refractivity contribution is 0.0949. The van der Waals surface area contributed by atoms with E-state index in [1.54, 1.807) is 30.9 Å². The summed E-state index contributed by atoms with van der Waals surface area (Å²) in [5.74, 6) is 0.525. The van der Waals surface area contributed by atoms with Crippen LogP contribution in [0, 0.1) is 18.3 Å². The van der Waals surface area contributed by atoms with Crippen LogP contribution in [0.25, 0.3) is 0 Å². The Morgan fingerprint density at radius 3 is 3.00 bits per heavy atom. The fraction of sp³-hybridized carbons (Fsp3) is 0.368. The number of nitrogens with zero attached hydrogens (tertiary/aromatic N) is 4. The van der Waals surface area contributed by atoms with Crippen molar-refractivity contribution < 1.29 is 9.53 Å². The molecule has 0 bridgehead atoms. The minimum Gasteiger partial charge on any atom is -0.487 e. The zero-order chi connectivity index (χ0) is 18.4. The van der Waals surface area contributed by atoms with E-state index in [9.17, 15) is 4.79 Å². The summed E-state index contributed by atoms with van der Waals surface area (Å²) in [4.78, 5) is 22.6. The van der Waals surface area contributed by atoms with Gasteiger partial charge in [0.25, 0.3) is 5.91 Å². The summed E-state index contributed by atoms with van der Waals surface area (Å²) in [6, 6.07) is 5.71. The van der Waals surface area contributed by atoms with E-state index >= 15 is 0 Å². The molecule has 1 amide bonds. The maximum absolute atomic E-state index is 12.4. The van der Waals surface area contributed by atoms with Crippen molar-refractivity contribution in [1.82, 2.24) is 20.2 Å². The zero-order valence-corrected chi connectivity index (χ0v) is 14.7. The predicted octanol–water partition coefficient (Wildman–Crippen LogP) is 1.69. The first-order valence-electron chi connectivity index (χ1n) is 8.55. The molecule has 1 fully saturated rings. The lowest BCUT2D eigenvalue weighted by atomic mass is 10.1. The van der Waals surface area contributed by atoms with Gasteiger partial charge in [-0.2, -0.15) is 5.26 Å². The van der Waals surface area contributed by atoms with Gasteiger partial charge in [0.15, 0.2) is 0 Å². The largest absolute Gasteiger partial charge is 0.487 e. The van der Waals surface area contributed by atoms with Gasteiger partial charge < -0.3 is 10.1 Å². The molecule has 0 radical (unpaired) electrons. The summed E-state index contributed by atoms with van der Waals surface area (Å²) < 4.78 is 6.07. The number of aromatic nitrogens is 2.